The predicted molar refractivity (Wildman–Crippen MR) is 31.1 cm³/mol. The van der Waals surface area contributed by atoms with Gasteiger partial charge < -0.3 is 1.43 Å². The summed E-state index contributed by atoms with van der Waals surface area (Å²) in [5, 5.41) is 0. The molecule has 0 amide bonds. The average Bonchev–Trinajstić information content (AvgIpc) is 1.58. The fourth-order valence-electron chi connectivity index (χ4n) is 0.118. The zero-order chi connectivity index (χ0) is 8.15. The molecule has 0 aromatic heterocycles. The Balaban J connectivity index is -0.000000405. The monoisotopic (exact) mass is 232 g/mol. The summed E-state index contributed by atoms with van der Waals surface area (Å²) in [6, 6.07) is 0. The van der Waals surface area contributed by atoms with E-state index >= 15 is 0 Å². The van der Waals surface area contributed by atoms with Crippen molar-refractivity contribution in [1.82, 2.24) is 0 Å². The van der Waals surface area contributed by atoms with E-state index in [-0.39, 0.29) is 31.0 Å². The first-order valence-corrected chi connectivity index (χ1v) is 4.89. The maximum Gasteiger partial charge on any atom is 1.00 e. The first-order valence-electron chi connectivity index (χ1n) is 1.63. The standard InChI is InChI=1S/Na.O7P2S.H/c;1-8(2)6-10(5)7-9(3)4;/q+1;;-1/p+2. The zero-order valence-corrected chi connectivity index (χ0v) is 9.84. The van der Waals surface area contributed by atoms with Gasteiger partial charge in [0.15, 0.2) is 0 Å². The molecule has 0 aromatic carbocycles. The number of hydrogen-bond donors (Lipinski definition) is 2. The van der Waals surface area contributed by atoms with Crippen molar-refractivity contribution in [2.24, 2.45) is 0 Å². The van der Waals surface area contributed by atoms with Gasteiger partial charge >= 0.3 is 57.4 Å². The topological polar surface area (TPSA) is 110 Å². The minimum atomic E-state index is -3.09. The molecule has 2 atom stereocenters. The van der Waals surface area contributed by atoms with Gasteiger partial charge in [0, 0.05) is 17.1 Å². The van der Waals surface area contributed by atoms with Crippen molar-refractivity contribution in [3.05, 3.63) is 0 Å². The van der Waals surface area contributed by atoms with Crippen LogP contribution < -0.4 is 29.6 Å². The second kappa shape index (κ2) is 7.82. The van der Waals surface area contributed by atoms with Crippen molar-refractivity contribution in [3.63, 3.8) is 0 Å². The van der Waals surface area contributed by atoms with Crippen LogP contribution in [0.1, 0.15) is 1.43 Å². The first-order chi connectivity index (χ1) is 4.52. The molecule has 60 valence electrons. The van der Waals surface area contributed by atoms with Crippen molar-refractivity contribution < 1.29 is 62.0 Å². The Hall–Kier alpha value is 1.19. The summed E-state index contributed by atoms with van der Waals surface area (Å²) in [6.07, 6.45) is 0. The van der Waals surface area contributed by atoms with Crippen LogP contribution in [0.3, 0.4) is 0 Å². The van der Waals surface area contributed by atoms with Gasteiger partial charge in [-0.1, -0.05) is 0 Å². The fourth-order valence-corrected chi connectivity index (χ4v) is 1.30. The van der Waals surface area contributed by atoms with Gasteiger partial charge in [0.05, 0.1) is 0 Å². The smallest absolute Gasteiger partial charge is 1.00 e. The van der Waals surface area contributed by atoms with Gasteiger partial charge in [0.2, 0.25) is 0 Å². The Kier molecular flexibility index (Phi) is 10.4. The molecule has 0 aliphatic heterocycles. The second-order valence-electron chi connectivity index (χ2n) is 0.829. The van der Waals surface area contributed by atoms with E-state index in [0.717, 1.165) is 0 Å². The van der Waals surface area contributed by atoms with Crippen molar-refractivity contribution >= 4 is 27.9 Å². The molecule has 0 bridgehead atoms. The molecule has 2 N–H and O–H groups in total. The van der Waals surface area contributed by atoms with Crippen molar-refractivity contribution in [1.29, 1.82) is 0 Å². The molecule has 0 radical (unpaired) electrons. The van der Waals surface area contributed by atoms with Crippen LogP contribution in [0.15, 0.2) is 0 Å². The minimum Gasteiger partial charge on any atom is -1.00 e. The Morgan fingerprint density at radius 1 is 1.18 bits per heavy atom. The third-order valence-electron chi connectivity index (χ3n) is 0.249. The van der Waals surface area contributed by atoms with Crippen LogP contribution in [0.25, 0.3) is 0 Å². The Morgan fingerprint density at radius 3 is 1.64 bits per heavy atom. The molecular weight excluding hydrogens is 229 g/mol. The molecule has 0 aliphatic carbocycles. The van der Waals surface area contributed by atoms with Gasteiger partial charge in [-0.3, -0.25) is 0 Å². The Labute approximate surface area is 89.6 Å². The van der Waals surface area contributed by atoms with Crippen LogP contribution in [-0.2, 0) is 28.4 Å². The third-order valence-corrected chi connectivity index (χ3v) is 2.24. The molecule has 0 fully saturated rings. The first kappa shape index (κ1) is 14.7. The van der Waals surface area contributed by atoms with Gasteiger partial charge in [-0.25, -0.2) is 0 Å². The van der Waals surface area contributed by atoms with Gasteiger partial charge in [0.25, 0.3) is 0 Å². The molecule has 0 aliphatic rings. The fraction of sp³-hybridized carbons (Fsp3) is 0. The van der Waals surface area contributed by atoms with E-state index in [1.807, 2.05) is 0 Å². The van der Waals surface area contributed by atoms with Gasteiger partial charge in [-0.2, -0.15) is 4.21 Å². The summed E-state index contributed by atoms with van der Waals surface area (Å²) in [7, 11) is -6.17. The predicted octanol–water partition coefficient (Wildman–Crippen LogP) is -2.99. The van der Waals surface area contributed by atoms with Crippen LogP contribution in [0.5, 0.6) is 0 Å². The van der Waals surface area contributed by atoms with Gasteiger partial charge in [-0.05, 0) is 0 Å². The summed E-state index contributed by atoms with van der Waals surface area (Å²) < 4.78 is 36.4. The molecule has 11 heteroatoms. The summed E-state index contributed by atoms with van der Waals surface area (Å²) in [6.45, 7) is 0. The molecular formula is H3NaO7P2S+2. The van der Waals surface area contributed by atoms with Gasteiger partial charge in [0.1, 0.15) is 0 Å². The summed E-state index contributed by atoms with van der Waals surface area (Å²) in [4.78, 5) is 15.7. The molecule has 0 saturated carbocycles. The maximum atomic E-state index is 10.0. The van der Waals surface area contributed by atoms with E-state index in [4.69, 9.17) is 9.79 Å². The van der Waals surface area contributed by atoms with Crippen LogP contribution in [0.4, 0.5) is 0 Å². The molecule has 0 spiro atoms. The van der Waals surface area contributed by atoms with E-state index in [0.29, 0.717) is 0 Å². The normalized spacial score (nSPS) is 14.7. The molecule has 0 heterocycles. The van der Waals surface area contributed by atoms with E-state index in [9.17, 15) is 13.3 Å². The van der Waals surface area contributed by atoms with Crippen LogP contribution in [-0.4, -0.2) is 14.0 Å². The van der Waals surface area contributed by atoms with E-state index < -0.39 is 27.9 Å². The largest absolute Gasteiger partial charge is 1.00 e. The Morgan fingerprint density at radius 2 is 1.45 bits per heavy atom. The van der Waals surface area contributed by atoms with Gasteiger partial charge in [-0.15, -0.1) is 9.79 Å². The third kappa shape index (κ3) is 11.2. The van der Waals surface area contributed by atoms with Crippen molar-refractivity contribution in [2.75, 3.05) is 0 Å². The molecule has 0 aromatic rings. The zero-order valence-electron chi connectivity index (χ0n) is 6.24. The summed E-state index contributed by atoms with van der Waals surface area (Å²) >= 11 is -2.65. The van der Waals surface area contributed by atoms with E-state index in [2.05, 4.69) is 7.94 Å². The quantitative estimate of drug-likeness (QED) is 0.393. The van der Waals surface area contributed by atoms with Crippen LogP contribution >= 0.6 is 16.5 Å². The molecule has 2 unspecified atom stereocenters. The Bertz CT molecular complexity index is 164. The van der Waals surface area contributed by atoms with Crippen LogP contribution in [0, 0.1) is 0 Å². The molecule has 0 saturated heterocycles. The molecule has 7 nitrogen and oxygen atoms in total. The van der Waals surface area contributed by atoms with E-state index in [1.165, 1.54) is 0 Å². The maximum absolute atomic E-state index is 10.0. The molecule has 0 rings (SSSR count). The minimum absolute atomic E-state index is 0. The van der Waals surface area contributed by atoms with Crippen molar-refractivity contribution in [3.8, 4) is 0 Å². The second-order valence-corrected chi connectivity index (χ2v) is 3.38. The van der Waals surface area contributed by atoms with Crippen LogP contribution in [0.2, 0.25) is 0 Å². The number of hydrogen-bond acceptors (Lipinski definition) is 5. The SMILES string of the molecule is O=[P+](O)OS(=O)O[P+](=O)O.[H-].[Na+]. The van der Waals surface area contributed by atoms with Crippen molar-refractivity contribution in [2.45, 2.75) is 0 Å². The van der Waals surface area contributed by atoms with E-state index in [1.54, 1.807) is 0 Å². The summed E-state index contributed by atoms with van der Waals surface area (Å²) in [5.74, 6) is 0. The molecule has 11 heavy (non-hydrogen) atoms. The average molecular weight is 232 g/mol. The number of rotatable bonds is 4. The summed E-state index contributed by atoms with van der Waals surface area (Å²) in [5.41, 5.74) is 0.